The lowest BCUT2D eigenvalue weighted by molar-refractivity contribution is -0.123. The van der Waals surface area contributed by atoms with Crippen LogP contribution >= 0.6 is 0 Å². The lowest BCUT2D eigenvalue weighted by atomic mass is 10.1. The zero-order chi connectivity index (χ0) is 17.6. The smallest absolute Gasteiger partial charge is 0.234 e. The summed E-state index contributed by atoms with van der Waals surface area (Å²) in [6.07, 6.45) is 0. The molecule has 1 amide bonds. The number of ether oxygens (including phenoxy) is 1. The highest BCUT2D eigenvalue weighted by Gasteiger charge is 2.16. The number of benzene rings is 2. The van der Waals surface area contributed by atoms with Gasteiger partial charge in [-0.25, -0.2) is 0 Å². The number of para-hydroxylation sites is 2. The van der Waals surface area contributed by atoms with Crippen LogP contribution in [-0.4, -0.2) is 29.9 Å². The first-order valence-electron chi connectivity index (χ1n) is 8.14. The number of carbonyl (C=O) groups excluding carboxylic acids is 1. The molecule has 0 fully saturated rings. The zero-order valence-electron chi connectivity index (χ0n) is 14.9. The third-order valence-electron chi connectivity index (χ3n) is 3.31. The molecular formula is C20H26N2O2. The fraction of sp³-hybridized carbons (Fsp3) is 0.350. The average Bonchev–Trinajstić information content (AvgIpc) is 2.48. The van der Waals surface area contributed by atoms with Gasteiger partial charge in [0.25, 0.3) is 0 Å². The molecule has 0 unspecified atom stereocenters. The second-order valence-electron chi connectivity index (χ2n) is 6.99. The number of hydrogen-bond donors (Lipinski definition) is 1. The predicted molar refractivity (Wildman–Crippen MR) is 97.2 cm³/mol. The fourth-order valence-corrected chi connectivity index (χ4v) is 2.40. The number of carbonyl (C=O) groups is 1. The summed E-state index contributed by atoms with van der Waals surface area (Å²) in [5.74, 6) is 1.64. The lowest BCUT2D eigenvalue weighted by Crippen LogP contribution is -2.45. The van der Waals surface area contributed by atoms with Gasteiger partial charge in [-0.2, -0.15) is 0 Å². The van der Waals surface area contributed by atoms with Crippen molar-refractivity contribution in [3.05, 3.63) is 60.2 Å². The summed E-state index contributed by atoms with van der Waals surface area (Å²) in [6, 6.07) is 17.6. The maximum Gasteiger partial charge on any atom is 0.234 e. The molecule has 0 bridgehead atoms. The van der Waals surface area contributed by atoms with E-state index in [1.54, 1.807) is 0 Å². The maximum absolute atomic E-state index is 12.1. The fourth-order valence-electron chi connectivity index (χ4n) is 2.40. The number of rotatable bonds is 6. The van der Waals surface area contributed by atoms with E-state index in [2.05, 4.69) is 5.32 Å². The van der Waals surface area contributed by atoms with Crippen molar-refractivity contribution in [1.29, 1.82) is 0 Å². The van der Waals surface area contributed by atoms with Crippen LogP contribution in [0.3, 0.4) is 0 Å². The van der Waals surface area contributed by atoms with Crippen LogP contribution in [0.5, 0.6) is 11.5 Å². The molecule has 24 heavy (non-hydrogen) atoms. The molecule has 1 N–H and O–H groups in total. The first-order valence-corrected chi connectivity index (χ1v) is 8.14. The molecule has 2 aromatic rings. The van der Waals surface area contributed by atoms with Crippen molar-refractivity contribution >= 4 is 5.91 Å². The highest BCUT2D eigenvalue weighted by molar-refractivity contribution is 5.78. The van der Waals surface area contributed by atoms with Crippen LogP contribution in [0.15, 0.2) is 54.6 Å². The van der Waals surface area contributed by atoms with E-state index in [0.29, 0.717) is 13.1 Å². The van der Waals surface area contributed by atoms with Gasteiger partial charge in [0.15, 0.2) is 0 Å². The Balaban J connectivity index is 2.00. The van der Waals surface area contributed by atoms with Crippen molar-refractivity contribution in [3.63, 3.8) is 0 Å². The molecule has 0 aliphatic carbocycles. The van der Waals surface area contributed by atoms with Gasteiger partial charge in [0, 0.05) is 17.6 Å². The summed E-state index contributed by atoms with van der Waals surface area (Å²) in [7, 11) is 1.93. The van der Waals surface area contributed by atoms with Crippen LogP contribution < -0.4 is 10.1 Å². The molecule has 0 spiro atoms. The van der Waals surface area contributed by atoms with Crippen molar-refractivity contribution in [2.24, 2.45) is 0 Å². The van der Waals surface area contributed by atoms with Gasteiger partial charge in [0.1, 0.15) is 11.5 Å². The molecule has 128 valence electrons. The monoisotopic (exact) mass is 326 g/mol. The SMILES string of the molecule is CN(CC(=O)NC(C)(C)C)Cc1ccccc1Oc1ccccc1. The van der Waals surface area contributed by atoms with E-state index in [-0.39, 0.29) is 11.4 Å². The van der Waals surface area contributed by atoms with Gasteiger partial charge in [-0.3, -0.25) is 9.69 Å². The largest absolute Gasteiger partial charge is 0.457 e. The normalized spacial score (nSPS) is 11.4. The molecule has 0 heterocycles. The van der Waals surface area contributed by atoms with Gasteiger partial charge >= 0.3 is 0 Å². The van der Waals surface area contributed by atoms with E-state index in [1.165, 1.54) is 0 Å². The topological polar surface area (TPSA) is 41.6 Å². The van der Waals surface area contributed by atoms with Crippen LogP contribution in [-0.2, 0) is 11.3 Å². The highest BCUT2D eigenvalue weighted by atomic mass is 16.5. The minimum absolute atomic E-state index is 0.0199. The Bertz CT molecular complexity index is 663. The standard InChI is InChI=1S/C20H26N2O2/c1-20(2,3)21-19(23)15-22(4)14-16-10-8-9-13-18(16)24-17-11-6-5-7-12-17/h5-13H,14-15H2,1-4H3,(H,21,23). The van der Waals surface area contributed by atoms with Gasteiger partial charge in [-0.1, -0.05) is 36.4 Å². The molecule has 0 saturated carbocycles. The van der Waals surface area contributed by atoms with Crippen LogP contribution in [0, 0.1) is 0 Å². The number of amides is 1. The molecule has 4 heteroatoms. The molecule has 0 aliphatic rings. The van der Waals surface area contributed by atoms with E-state index in [0.717, 1.165) is 17.1 Å². The predicted octanol–water partition coefficient (Wildman–Crippen LogP) is 3.83. The molecule has 0 atom stereocenters. The molecule has 0 radical (unpaired) electrons. The minimum Gasteiger partial charge on any atom is -0.457 e. The van der Waals surface area contributed by atoms with Crippen LogP contribution in [0.4, 0.5) is 0 Å². The van der Waals surface area contributed by atoms with Crippen LogP contribution in [0.1, 0.15) is 26.3 Å². The zero-order valence-corrected chi connectivity index (χ0v) is 14.9. The van der Waals surface area contributed by atoms with Crippen molar-refractivity contribution in [2.75, 3.05) is 13.6 Å². The van der Waals surface area contributed by atoms with E-state index in [9.17, 15) is 4.79 Å². The Labute approximate surface area is 144 Å². The molecular weight excluding hydrogens is 300 g/mol. The number of nitrogens with one attached hydrogen (secondary N) is 1. The third kappa shape index (κ3) is 6.05. The van der Waals surface area contributed by atoms with Gasteiger partial charge < -0.3 is 10.1 Å². The first-order chi connectivity index (χ1) is 11.3. The van der Waals surface area contributed by atoms with Crippen molar-refractivity contribution in [2.45, 2.75) is 32.9 Å². The van der Waals surface area contributed by atoms with Crippen LogP contribution in [0.2, 0.25) is 0 Å². The Morgan fingerprint density at radius 1 is 1.04 bits per heavy atom. The first kappa shape index (κ1) is 18.0. The molecule has 2 rings (SSSR count). The van der Waals surface area contributed by atoms with E-state index in [4.69, 9.17) is 4.74 Å². The van der Waals surface area contributed by atoms with E-state index in [1.807, 2.05) is 87.3 Å². The van der Waals surface area contributed by atoms with Crippen molar-refractivity contribution in [3.8, 4) is 11.5 Å². The quantitative estimate of drug-likeness (QED) is 0.877. The van der Waals surface area contributed by atoms with Gasteiger partial charge in [0.2, 0.25) is 5.91 Å². The van der Waals surface area contributed by atoms with Gasteiger partial charge in [-0.15, -0.1) is 0 Å². The second kappa shape index (κ2) is 7.97. The Morgan fingerprint density at radius 3 is 2.33 bits per heavy atom. The van der Waals surface area contributed by atoms with Crippen molar-refractivity contribution in [1.82, 2.24) is 10.2 Å². The van der Waals surface area contributed by atoms with E-state index >= 15 is 0 Å². The summed E-state index contributed by atoms with van der Waals surface area (Å²) >= 11 is 0. The lowest BCUT2D eigenvalue weighted by Gasteiger charge is -2.23. The molecule has 4 nitrogen and oxygen atoms in total. The summed E-state index contributed by atoms with van der Waals surface area (Å²) < 4.78 is 5.97. The Hall–Kier alpha value is -2.33. The number of nitrogens with zero attached hydrogens (tertiary/aromatic N) is 1. The van der Waals surface area contributed by atoms with Crippen molar-refractivity contribution < 1.29 is 9.53 Å². The number of hydrogen-bond acceptors (Lipinski definition) is 3. The second-order valence-corrected chi connectivity index (χ2v) is 6.99. The highest BCUT2D eigenvalue weighted by Crippen LogP contribution is 2.25. The summed E-state index contributed by atoms with van der Waals surface area (Å²) in [5.41, 5.74) is 0.833. The summed E-state index contributed by atoms with van der Waals surface area (Å²) in [5, 5.41) is 2.98. The molecule has 2 aromatic carbocycles. The van der Waals surface area contributed by atoms with E-state index < -0.39 is 0 Å². The average molecular weight is 326 g/mol. The molecule has 0 saturated heterocycles. The molecule has 0 aliphatic heterocycles. The Kier molecular flexibility index (Phi) is 5.99. The van der Waals surface area contributed by atoms with Gasteiger partial charge in [0.05, 0.1) is 6.54 Å². The maximum atomic E-state index is 12.1. The Morgan fingerprint density at radius 2 is 1.67 bits per heavy atom. The third-order valence-corrected chi connectivity index (χ3v) is 3.31. The van der Waals surface area contributed by atoms with Crippen LogP contribution in [0.25, 0.3) is 0 Å². The minimum atomic E-state index is -0.216. The van der Waals surface area contributed by atoms with Gasteiger partial charge in [-0.05, 0) is 46.0 Å². The number of likely N-dealkylation sites (N-methyl/N-ethyl adjacent to an activating group) is 1. The molecule has 0 aromatic heterocycles. The summed E-state index contributed by atoms with van der Waals surface area (Å²) in [4.78, 5) is 14.0. The summed E-state index contributed by atoms with van der Waals surface area (Å²) in [6.45, 7) is 6.92.